The predicted molar refractivity (Wildman–Crippen MR) is 77.7 cm³/mol. The first kappa shape index (κ1) is 13.3. The van der Waals surface area contributed by atoms with Gasteiger partial charge in [-0.3, -0.25) is 0 Å². The van der Waals surface area contributed by atoms with E-state index in [-0.39, 0.29) is 0 Å². The zero-order valence-corrected chi connectivity index (χ0v) is 11.6. The zero-order chi connectivity index (χ0) is 13.8. The van der Waals surface area contributed by atoms with Gasteiger partial charge in [-0.2, -0.15) is 0 Å². The molecule has 0 amide bonds. The van der Waals surface area contributed by atoms with Crippen LogP contribution in [0.2, 0.25) is 0 Å². The summed E-state index contributed by atoms with van der Waals surface area (Å²) in [6, 6.07) is 11.7. The Kier molecular flexibility index (Phi) is 3.95. The van der Waals surface area contributed by atoms with Gasteiger partial charge in [0.15, 0.2) is 0 Å². The van der Waals surface area contributed by atoms with Crippen LogP contribution in [0.15, 0.2) is 36.4 Å². The topological polar surface area (TPSA) is 44.5 Å². The minimum atomic E-state index is 0.546. The van der Waals surface area contributed by atoms with Crippen molar-refractivity contribution in [3.63, 3.8) is 0 Å². The molecule has 0 bridgehead atoms. The standard InChI is InChI=1S/C16H19NO2/c1-11-5-4-6-12(2)14(11)10-19-13-7-8-16(18-3)15(17)9-13/h4-9H,10,17H2,1-3H3. The molecule has 3 heteroatoms. The maximum atomic E-state index is 5.86. The molecule has 0 unspecified atom stereocenters. The van der Waals surface area contributed by atoms with Crippen LogP contribution in [0.5, 0.6) is 11.5 Å². The molecule has 0 saturated heterocycles. The van der Waals surface area contributed by atoms with Crippen molar-refractivity contribution in [1.82, 2.24) is 0 Å². The van der Waals surface area contributed by atoms with Crippen LogP contribution in [0.4, 0.5) is 5.69 Å². The largest absolute Gasteiger partial charge is 0.495 e. The van der Waals surface area contributed by atoms with Crippen LogP contribution >= 0.6 is 0 Å². The Balaban J connectivity index is 2.13. The number of ether oxygens (including phenoxy) is 2. The lowest BCUT2D eigenvalue weighted by Crippen LogP contribution is -2.01. The Hall–Kier alpha value is -2.16. The Morgan fingerprint density at radius 3 is 2.32 bits per heavy atom. The summed E-state index contributed by atoms with van der Waals surface area (Å²) in [5, 5.41) is 0. The van der Waals surface area contributed by atoms with Crippen molar-refractivity contribution in [3.05, 3.63) is 53.1 Å². The summed E-state index contributed by atoms with van der Waals surface area (Å²) >= 11 is 0. The van der Waals surface area contributed by atoms with Gasteiger partial charge in [0.1, 0.15) is 18.1 Å². The van der Waals surface area contributed by atoms with Crippen LogP contribution in [0, 0.1) is 13.8 Å². The number of methoxy groups -OCH3 is 1. The Morgan fingerprint density at radius 1 is 1.05 bits per heavy atom. The third-order valence-electron chi connectivity index (χ3n) is 3.23. The van der Waals surface area contributed by atoms with E-state index in [0.717, 1.165) is 5.75 Å². The van der Waals surface area contributed by atoms with Gasteiger partial charge >= 0.3 is 0 Å². The lowest BCUT2D eigenvalue weighted by Gasteiger charge is -2.12. The number of nitrogens with two attached hydrogens (primary N) is 1. The highest BCUT2D eigenvalue weighted by Crippen LogP contribution is 2.27. The Morgan fingerprint density at radius 2 is 1.74 bits per heavy atom. The van der Waals surface area contributed by atoms with E-state index in [2.05, 4.69) is 32.0 Å². The third kappa shape index (κ3) is 2.99. The van der Waals surface area contributed by atoms with E-state index in [1.165, 1.54) is 16.7 Å². The number of rotatable bonds is 4. The highest BCUT2D eigenvalue weighted by atomic mass is 16.5. The maximum Gasteiger partial charge on any atom is 0.142 e. The molecule has 0 heterocycles. The van der Waals surface area contributed by atoms with Crippen molar-refractivity contribution in [2.24, 2.45) is 0 Å². The summed E-state index contributed by atoms with van der Waals surface area (Å²) < 4.78 is 10.9. The van der Waals surface area contributed by atoms with Crippen LogP contribution in [-0.4, -0.2) is 7.11 Å². The van der Waals surface area contributed by atoms with Crippen LogP contribution in [0.1, 0.15) is 16.7 Å². The molecular formula is C16H19NO2. The van der Waals surface area contributed by atoms with Crippen LogP contribution in [0.25, 0.3) is 0 Å². The molecule has 0 aliphatic rings. The van der Waals surface area contributed by atoms with Crippen LogP contribution < -0.4 is 15.2 Å². The van der Waals surface area contributed by atoms with Gasteiger partial charge in [-0.05, 0) is 42.7 Å². The minimum absolute atomic E-state index is 0.546. The van der Waals surface area contributed by atoms with E-state index >= 15 is 0 Å². The Labute approximate surface area is 114 Å². The van der Waals surface area contributed by atoms with E-state index < -0.39 is 0 Å². The number of benzene rings is 2. The molecule has 2 rings (SSSR count). The molecule has 0 aliphatic heterocycles. The van der Waals surface area contributed by atoms with Gasteiger partial charge in [0, 0.05) is 6.07 Å². The van der Waals surface area contributed by atoms with Gasteiger partial charge in [0.2, 0.25) is 0 Å². The van der Waals surface area contributed by atoms with E-state index in [9.17, 15) is 0 Å². The summed E-state index contributed by atoms with van der Waals surface area (Å²) in [4.78, 5) is 0. The number of anilines is 1. The SMILES string of the molecule is COc1ccc(OCc2c(C)cccc2C)cc1N. The number of hydrogen-bond acceptors (Lipinski definition) is 3. The second-order valence-corrected chi connectivity index (χ2v) is 4.56. The van der Waals surface area contributed by atoms with Gasteiger partial charge in [-0.1, -0.05) is 18.2 Å². The normalized spacial score (nSPS) is 10.3. The number of aryl methyl sites for hydroxylation is 2. The molecule has 0 spiro atoms. The predicted octanol–water partition coefficient (Wildman–Crippen LogP) is 3.47. The summed E-state index contributed by atoms with van der Waals surface area (Å²) in [7, 11) is 1.60. The minimum Gasteiger partial charge on any atom is -0.495 e. The van der Waals surface area contributed by atoms with E-state index in [4.69, 9.17) is 15.2 Å². The first-order chi connectivity index (χ1) is 9.11. The van der Waals surface area contributed by atoms with Gasteiger partial charge in [-0.15, -0.1) is 0 Å². The summed E-state index contributed by atoms with van der Waals surface area (Å²) in [6.45, 7) is 4.73. The second-order valence-electron chi connectivity index (χ2n) is 4.56. The van der Waals surface area contributed by atoms with Crippen molar-refractivity contribution in [3.8, 4) is 11.5 Å². The molecule has 100 valence electrons. The fourth-order valence-electron chi connectivity index (χ4n) is 2.03. The molecule has 2 aromatic carbocycles. The molecule has 2 N–H and O–H groups in total. The van der Waals surface area contributed by atoms with E-state index in [1.807, 2.05) is 12.1 Å². The van der Waals surface area contributed by atoms with Crippen LogP contribution in [0.3, 0.4) is 0 Å². The van der Waals surface area contributed by atoms with Crippen molar-refractivity contribution < 1.29 is 9.47 Å². The number of nitrogen functional groups attached to an aromatic ring is 1. The third-order valence-corrected chi connectivity index (χ3v) is 3.23. The van der Waals surface area contributed by atoms with Crippen LogP contribution in [-0.2, 0) is 6.61 Å². The van der Waals surface area contributed by atoms with Crippen molar-refractivity contribution in [2.45, 2.75) is 20.5 Å². The van der Waals surface area contributed by atoms with Crippen molar-refractivity contribution >= 4 is 5.69 Å². The van der Waals surface area contributed by atoms with E-state index in [1.54, 1.807) is 13.2 Å². The van der Waals surface area contributed by atoms with Gasteiger partial charge in [0.05, 0.1) is 12.8 Å². The summed E-state index contributed by atoms with van der Waals surface area (Å²) in [5.74, 6) is 1.42. The highest BCUT2D eigenvalue weighted by Gasteiger charge is 2.05. The van der Waals surface area contributed by atoms with Gasteiger partial charge in [0.25, 0.3) is 0 Å². The molecule has 0 aromatic heterocycles. The Bertz CT molecular complexity index is 559. The molecule has 0 aliphatic carbocycles. The average molecular weight is 257 g/mol. The fraction of sp³-hybridized carbons (Fsp3) is 0.250. The second kappa shape index (κ2) is 5.65. The zero-order valence-electron chi connectivity index (χ0n) is 11.6. The molecule has 2 aromatic rings. The number of hydrogen-bond donors (Lipinski definition) is 1. The highest BCUT2D eigenvalue weighted by molar-refractivity contribution is 5.56. The first-order valence-electron chi connectivity index (χ1n) is 6.23. The monoisotopic (exact) mass is 257 g/mol. The molecular weight excluding hydrogens is 238 g/mol. The molecule has 19 heavy (non-hydrogen) atoms. The maximum absolute atomic E-state index is 5.86. The first-order valence-corrected chi connectivity index (χ1v) is 6.23. The van der Waals surface area contributed by atoms with Crippen molar-refractivity contribution in [2.75, 3.05) is 12.8 Å². The lowest BCUT2D eigenvalue weighted by atomic mass is 10.0. The molecule has 3 nitrogen and oxygen atoms in total. The van der Waals surface area contributed by atoms with E-state index in [0.29, 0.717) is 18.0 Å². The molecule has 0 radical (unpaired) electrons. The quantitative estimate of drug-likeness (QED) is 0.853. The average Bonchev–Trinajstić information content (AvgIpc) is 2.38. The molecule has 0 fully saturated rings. The molecule has 0 atom stereocenters. The summed E-state index contributed by atoms with van der Waals surface area (Å²) in [5.41, 5.74) is 10.1. The lowest BCUT2D eigenvalue weighted by molar-refractivity contribution is 0.304. The molecule has 0 saturated carbocycles. The van der Waals surface area contributed by atoms with Crippen molar-refractivity contribution in [1.29, 1.82) is 0 Å². The smallest absolute Gasteiger partial charge is 0.142 e. The van der Waals surface area contributed by atoms with Gasteiger partial charge in [-0.25, -0.2) is 0 Å². The fourth-order valence-corrected chi connectivity index (χ4v) is 2.03. The summed E-state index contributed by atoms with van der Waals surface area (Å²) in [6.07, 6.45) is 0. The van der Waals surface area contributed by atoms with Gasteiger partial charge < -0.3 is 15.2 Å².